The minimum absolute atomic E-state index is 0.584. The lowest BCUT2D eigenvalue weighted by Crippen LogP contribution is -2.23. The van der Waals surface area contributed by atoms with Gasteiger partial charge in [0.2, 0.25) is 0 Å². The molecule has 2 aliphatic rings. The molecule has 0 radical (unpaired) electrons. The van der Waals surface area contributed by atoms with Crippen molar-refractivity contribution in [1.29, 1.82) is 0 Å². The van der Waals surface area contributed by atoms with Gasteiger partial charge in [-0.3, -0.25) is 4.99 Å². The summed E-state index contributed by atoms with van der Waals surface area (Å²) in [4.78, 5) is 4.59. The third-order valence-corrected chi connectivity index (χ3v) is 3.21. The highest BCUT2D eigenvalue weighted by atomic mass is 14.9. The largest absolute Gasteiger partial charge is 0.387 e. The molecular weight excluding hydrogens is 148 g/mol. The molecule has 0 aromatic rings. The van der Waals surface area contributed by atoms with Crippen molar-refractivity contribution in [3.05, 3.63) is 0 Å². The van der Waals surface area contributed by atoms with Crippen LogP contribution in [0.2, 0.25) is 0 Å². The predicted octanol–water partition coefficient (Wildman–Crippen LogP) is 2.09. The van der Waals surface area contributed by atoms with Crippen molar-refractivity contribution in [2.24, 2.45) is 16.6 Å². The number of rotatable bonds is 0. The molecule has 0 amide bonds. The SMILES string of the molecule is NC1=NC2CCCCC2CCC1. The first kappa shape index (κ1) is 8.09. The van der Waals surface area contributed by atoms with E-state index in [0.29, 0.717) is 6.04 Å². The zero-order chi connectivity index (χ0) is 8.39. The third kappa shape index (κ3) is 1.62. The van der Waals surface area contributed by atoms with E-state index in [4.69, 9.17) is 5.73 Å². The molecule has 0 saturated heterocycles. The Morgan fingerprint density at radius 1 is 1.08 bits per heavy atom. The Morgan fingerprint density at radius 2 is 1.83 bits per heavy atom. The second-order valence-electron chi connectivity index (χ2n) is 4.12. The molecule has 2 heteroatoms. The minimum Gasteiger partial charge on any atom is -0.387 e. The maximum absolute atomic E-state index is 5.79. The summed E-state index contributed by atoms with van der Waals surface area (Å²) in [5.41, 5.74) is 5.79. The van der Waals surface area contributed by atoms with Crippen LogP contribution in [0.5, 0.6) is 0 Å². The summed E-state index contributed by atoms with van der Waals surface area (Å²) in [6.45, 7) is 0. The smallest absolute Gasteiger partial charge is 0.0940 e. The Morgan fingerprint density at radius 3 is 2.75 bits per heavy atom. The van der Waals surface area contributed by atoms with Gasteiger partial charge in [-0.15, -0.1) is 0 Å². The van der Waals surface area contributed by atoms with Crippen LogP contribution < -0.4 is 5.73 Å². The van der Waals surface area contributed by atoms with E-state index in [1.807, 2.05) is 0 Å². The Balaban J connectivity index is 2.08. The van der Waals surface area contributed by atoms with Crippen molar-refractivity contribution in [3.8, 4) is 0 Å². The maximum Gasteiger partial charge on any atom is 0.0940 e. The standard InChI is InChI=1S/C10H18N2/c11-10-7-3-5-8-4-1-2-6-9(8)12-10/h8-9H,1-7H2,(H2,11,12). The van der Waals surface area contributed by atoms with E-state index in [2.05, 4.69) is 4.99 Å². The summed E-state index contributed by atoms with van der Waals surface area (Å²) in [6, 6.07) is 0.584. The summed E-state index contributed by atoms with van der Waals surface area (Å²) in [7, 11) is 0. The van der Waals surface area contributed by atoms with Gasteiger partial charge in [0.1, 0.15) is 0 Å². The second-order valence-corrected chi connectivity index (χ2v) is 4.12. The molecular formula is C10H18N2. The molecule has 0 aromatic heterocycles. The number of hydrogen-bond donors (Lipinski definition) is 1. The number of amidine groups is 1. The lowest BCUT2D eigenvalue weighted by atomic mass is 9.82. The van der Waals surface area contributed by atoms with E-state index in [9.17, 15) is 0 Å². The van der Waals surface area contributed by atoms with E-state index in [0.717, 1.165) is 18.2 Å². The van der Waals surface area contributed by atoms with E-state index in [1.54, 1.807) is 0 Å². The zero-order valence-electron chi connectivity index (χ0n) is 7.63. The lowest BCUT2D eigenvalue weighted by Gasteiger charge is -2.27. The molecule has 1 fully saturated rings. The highest BCUT2D eigenvalue weighted by Gasteiger charge is 2.26. The molecule has 1 saturated carbocycles. The van der Waals surface area contributed by atoms with Gasteiger partial charge in [-0.05, 0) is 31.6 Å². The third-order valence-electron chi connectivity index (χ3n) is 3.21. The molecule has 0 bridgehead atoms. The molecule has 2 nitrogen and oxygen atoms in total. The van der Waals surface area contributed by atoms with Gasteiger partial charge in [-0.25, -0.2) is 0 Å². The summed E-state index contributed by atoms with van der Waals surface area (Å²) >= 11 is 0. The van der Waals surface area contributed by atoms with Crippen LogP contribution in [0.1, 0.15) is 44.9 Å². The molecule has 2 N–H and O–H groups in total. The molecule has 2 rings (SSSR count). The van der Waals surface area contributed by atoms with Gasteiger partial charge >= 0.3 is 0 Å². The summed E-state index contributed by atoms with van der Waals surface area (Å²) in [6.07, 6.45) is 9.10. The van der Waals surface area contributed by atoms with Crippen molar-refractivity contribution < 1.29 is 0 Å². The monoisotopic (exact) mass is 166 g/mol. The summed E-state index contributed by atoms with van der Waals surface area (Å²) in [5.74, 6) is 1.77. The maximum atomic E-state index is 5.79. The van der Waals surface area contributed by atoms with Crippen LogP contribution in [-0.4, -0.2) is 11.9 Å². The van der Waals surface area contributed by atoms with Crippen LogP contribution in [0.25, 0.3) is 0 Å². The summed E-state index contributed by atoms with van der Waals surface area (Å²) in [5, 5.41) is 0. The van der Waals surface area contributed by atoms with Crippen LogP contribution in [-0.2, 0) is 0 Å². The van der Waals surface area contributed by atoms with Crippen molar-refractivity contribution in [3.63, 3.8) is 0 Å². The number of nitrogens with zero attached hydrogens (tertiary/aromatic N) is 1. The Kier molecular flexibility index (Phi) is 2.33. The Labute approximate surface area is 74.2 Å². The Hall–Kier alpha value is -0.530. The molecule has 0 aromatic carbocycles. The zero-order valence-corrected chi connectivity index (χ0v) is 7.63. The van der Waals surface area contributed by atoms with Crippen LogP contribution in [0.3, 0.4) is 0 Å². The average Bonchev–Trinajstić information content (AvgIpc) is 2.25. The molecule has 1 aliphatic heterocycles. The van der Waals surface area contributed by atoms with Crippen molar-refractivity contribution in [1.82, 2.24) is 0 Å². The van der Waals surface area contributed by atoms with Gasteiger partial charge in [0, 0.05) is 6.42 Å². The normalized spacial score (nSPS) is 36.5. The fraction of sp³-hybridized carbons (Fsp3) is 0.900. The fourth-order valence-electron chi connectivity index (χ4n) is 2.52. The first-order valence-corrected chi connectivity index (χ1v) is 5.18. The van der Waals surface area contributed by atoms with Gasteiger partial charge in [0.15, 0.2) is 0 Å². The topological polar surface area (TPSA) is 38.4 Å². The van der Waals surface area contributed by atoms with E-state index in [1.165, 1.54) is 38.5 Å². The second kappa shape index (κ2) is 3.46. The average molecular weight is 166 g/mol. The predicted molar refractivity (Wildman–Crippen MR) is 51.2 cm³/mol. The molecule has 1 heterocycles. The van der Waals surface area contributed by atoms with Crippen LogP contribution >= 0.6 is 0 Å². The number of fused-ring (bicyclic) bond motifs is 1. The first-order valence-electron chi connectivity index (χ1n) is 5.18. The van der Waals surface area contributed by atoms with Crippen molar-refractivity contribution in [2.45, 2.75) is 51.0 Å². The fourth-order valence-corrected chi connectivity index (χ4v) is 2.52. The molecule has 0 spiro atoms. The van der Waals surface area contributed by atoms with Crippen LogP contribution in [0.4, 0.5) is 0 Å². The highest BCUT2D eigenvalue weighted by Crippen LogP contribution is 2.32. The first-order chi connectivity index (χ1) is 5.86. The highest BCUT2D eigenvalue weighted by molar-refractivity contribution is 5.80. The quantitative estimate of drug-likeness (QED) is 0.588. The summed E-state index contributed by atoms with van der Waals surface area (Å²) < 4.78 is 0. The Bertz CT molecular complexity index is 186. The van der Waals surface area contributed by atoms with Gasteiger partial charge < -0.3 is 5.73 Å². The van der Waals surface area contributed by atoms with Crippen molar-refractivity contribution >= 4 is 5.84 Å². The van der Waals surface area contributed by atoms with Crippen LogP contribution in [0.15, 0.2) is 4.99 Å². The number of hydrogen-bond acceptors (Lipinski definition) is 2. The van der Waals surface area contributed by atoms with Gasteiger partial charge in [0.05, 0.1) is 11.9 Å². The van der Waals surface area contributed by atoms with Crippen LogP contribution in [0, 0.1) is 5.92 Å². The van der Waals surface area contributed by atoms with E-state index in [-0.39, 0.29) is 0 Å². The molecule has 12 heavy (non-hydrogen) atoms. The minimum atomic E-state index is 0.584. The van der Waals surface area contributed by atoms with Gasteiger partial charge in [-0.1, -0.05) is 12.8 Å². The lowest BCUT2D eigenvalue weighted by molar-refractivity contribution is 0.296. The molecule has 2 atom stereocenters. The molecule has 1 aliphatic carbocycles. The number of aliphatic imine (C=N–C) groups is 1. The number of nitrogens with two attached hydrogens (primary N) is 1. The van der Waals surface area contributed by atoms with Gasteiger partial charge in [0.25, 0.3) is 0 Å². The van der Waals surface area contributed by atoms with E-state index >= 15 is 0 Å². The van der Waals surface area contributed by atoms with Gasteiger partial charge in [-0.2, -0.15) is 0 Å². The van der Waals surface area contributed by atoms with Crippen molar-refractivity contribution in [2.75, 3.05) is 0 Å². The molecule has 2 unspecified atom stereocenters. The molecule has 68 valence electrons. The van der Waals surface area contributed by atoms with E-state index < -0.39 is 0 Å².